The largest absolute Gasteiger partial charge is 0.488 e. The highest BCUT2D eigenvalue weighted by Crippen LogP contribution is 2.45. The number of halogens is 1. The van der Waals surface area contributed by atoms with Crippen molar-refractivity contribution in [3.8, 4) is 28.1 Å². The summed E-state index contributed by atoms with van der Waals surface area (Å²) in [7, 11) is 2.92. The number of H-pyrrole nitrogens is 2. The van der Waals surface area contributed by atoms with E-state index in [2.05, 4.69) is 32.7 Å². The number of likely N-dealkylation sites (tertiary alicyclic amines) is 2. The zero-order valence-corrected chi connectivity index (χ0v) is 37.3. The number of nitrogens with zero attached hydrogens (tertiary/aromatic N) is 4. The maximum atomic E-state index is 14.2. The molecule has 3 aliphatic heterocycles. The number of rotatable bonds is 12. The highest BCUT2D eigenvalue weighted by atomic mass is 35.5. The molecule has 16 nitrogen and oxygen atoms in total. The third-order valence-electron chi connectivity index (χ3n) is 13.1. The number of fused-ring (bicyclic) bond motifs is 6. The lowest BCUT2D eigenvalue weighted by atomic mass is 9.92. The van der Waals surface area contributed by atoms with Crippen LogP contribution in [0.3, 0.4) is 0 Å². The maximum absolute atomic E-state index is 14.2. The van der Waals surface area contributed by atoms with Crippen molar-refractivity contribution >= 4 is 57.4 Å². The number of ether oxygens (including phenoxy) is 3. The third kappa shape index (κ3) is 8.26. The van der Waals surface area contributed by atoms with Crippen LogP contribution in [0, 0.1) is 17.8 Å². The second-order valence-electron chi connectivity index (χ2n) is 17.5. The van der Waals surface area contributed by atoms with E-state index >= 15 is 0 Å². The molecule has 0 spiro atoms. The zero-order chi connectivity index (χ0) is 44.9. The molecule has 3 aliphatic rings. The second kappa shape index (κ2) is 17.7. The molecule has 3 aromatic carbocycles. The fourth-order valence-corrected chi connectivity index (χ4v) is 9.85. The summed E-state index contributed by atoms with van der Waals surface area (Å²) in [4.78, 5) is 72.1. The summed E-state index contributed by atoms with van der Waals surface area (Å²) in [6, 6.07) is 11.8. The van der Waals surface area contributed by atoms with Gasteiger partial charge in [-0.25, -0.2) is 19.6 Å². The number of imidazole rings is 2. The van der Waals surface area contributed by atoms with E-state index in [0.29, 0.717) is 56.4 Å². The first-order chi connectivity index (χ1) is 30.2. The summed E-state index contributed by atoms with van der Waals surface area (Å²) in [6.07, 6.45) is 0.862. The molecule has 5 N–H and O–H groups in total. The lowest BCUT2D eigenvalue weighted by molar-refractivity contribution is -0.137. The van der Waals surface area contributed by atoms with Crippen LogP contribution in [0.15, 0.2) is 42.5 Å². The lowest BCUT2D eigenvalue weighted by Gasteiger charge is -2.32. The van der Waals surface area contributed by atoms with Crippen LogP contribution in [0.25, 0.3) is 44.2 Å². The molecule has 2 saturated heterocycles. The third-order valence-corrected chi connectivity index (χ3v) is 13.4. The molecular weight excluding hydrogens is 828 g/mol. The van der Waals surface area contributed by atoms with E-state index in [4.69, 9.17) is 35.8 Å². The van der Waals surface area contributed by atoms with Crippen LogP contribution in [-0.2, 0) is 25.7 Å². The van der Waals surface area contributed by atoms with E-state index in [1.165, 1.54) is 7.11 Å². The van der Waals surface area contributed by atoms with E-state index in [9.17, 15) is 24.3 Å². The number of alkyl carbamates (subject to hydrolysis) is 1. The Hall–Kier alpha value is -5.87. The SMILES string of the molecule is CC[C@H](C)[C@H](NC(=O)OC)C(=O)N1C[C@@H](COC)C[C@H]1c1nc(Cl)c(-c2ccc3c(c2)COc2cc4c(ccc5nc([C@@H]6CC[C@H](C)N6C(=O)[C@@H](NC(=O)O)C(C)C)[nH]c54)cc2-3)[nH]1. The highest BCUT2D eigenvalue weighted by molar-refractivity contribution is 6.32. The van der Waals surface area contributed by atoms with Crippen LogP contribution in [0.2, 0.25) is 5.15 Å². The highest BCUT2D eigenvalue weighted by Gasteiger charge is 2.43. The van der Waals surface area contributed by atoms with Crippen LogP contribution in [0.1, 0.15) is 89.6 Å². The van der Waals surface area contributed by atoms with Gasteiger partial charge in [0.15, 0.2) is 5.15 Å². The number of benzene rings is 3. The van der Waals surface area contributed by atoms with Crippen molar-refractivity contribution in [3.63, 3.8) is 0 Å². The van der Waals surface area contributed by atoms with Gasteiger partial charge in [-0.2, -0.15) is 0 Å². The van der Waals surface area contributed by atoms with Crippen LogP contribution < -0.4 is 15.4 Å². The van der Waals surface area contributed by atoms with Gasteiger partial charge in [-0.3, -0.25) is 9.59 Å². The number of nitrogens with one attached hydrogen (secondary N) is 4. The van der Waals surface area contributed by atoms with E-state index < -0.39 is 30.3 Å². The standard InChI is InChI=1S/C46H55ClN8O8/c1-8-23(4)37(52-46(60)62-7)43(56)54-19-25(20-61-6)15-34(54)42-49-38(40(47)53-42)27-10-12-29-28(16-27)21-63-35-18-30-26(17-31(29)35)11-13-32-39(30)50-41(48-32)33-14-9-24(5)55(33)44(57)36(22(2)3)51-45(58)59/h10-13,16-18,22-25,33-34,36-37,51H,8-9,14-15,19-21H2,1-7H3,(H,48,50)(H,49,53)(H,52,60)(H,58,59)/t23-,24-,25-,33-,34-,36-,37-/m0/s1. The molecule has 0 unspecified atom stereocenters. The zero-order valence-electron chi connectivity index (χ0n) is 36.6. The first kappa shape index (κ1) is 43.8. The molecule has 5 aromatic rings. The molecule has 0 saturated carbocycles. The predicted molar refractivity (Wildman–Crippen MR) is 237 cm³/mol. The molecule has 8 rings (SSSR count). The van der Waals surface area contributed by atoms with Crippen LogP contribution in [0.5, 0.6) is 5.75 Å². The van der Waals surface area contributed by atoms with Crippen molar-refractivity contribution in [2.24, 2.45) is 17.8 Å². The Bertz CT molecular complexity index is 2570. The van der Waals surface area contributed by atoms with Gasteiger partial charge >= 0.3 is 12.2 Å². The second-order valence-corrected chi connectivity index (χ2v) is 17.9. The number of carbonyl (C=O) groups is 4. The van der Waals surface area contributed by atoms with E-state index in [1.54, 1.807) is 16.9 Å². The van der Waals surface area contributed by atoms with Gasteiger partial charge in [0.1, 0.15) is 36.1 Å². The molecular formula is C46H55ClN8O8. The lowest BCUT2D eigenvalue weighted by Crippen LogP contribution is -2.52. The number of carbonyl (C=O) groups excluding carboxylic acids is 3. The molecule has 0 aliphatic carbocycles. The Morgan fingerprint density at radius 1 is 0.952 bits per heavy atom. The van der Waals surface area contributed by atoms with Gasteiger partial charge in [0.05, 0.1) is 42.5 Å². The van der Waals surface area contributed by atoms with Gasteiger partial charge in [0, 0.05) is 42.1 Å². The number of amides is 4. The minimum absolute atomic E-state index is 0.0555. The van der Waals surface area contributed by atoms with Gasteiger partial charge in [-0.05, 0) is 78.8 Å². The van der Waals surface area contributed by atoms with Gasteiger partial charge in [-0.15, -0.1) is 0 Å². The summed E-state index contributed by atoms with van der Waals surface area (Å²) >= 11 is 6.87. The topological polar surface area (TPSA) is 204 Å². The van der Waals surface area contributed by atoms with Crippen LogP contribution in [-0.4, -0.2) is 104 Å². The van der Waals surface area contributed by atoms with Crippen molar-refractivity contribution in [1.82, 2.24) is 40.4 Å². The Morgan fingerprint density at radius 3 is 2.44 bits per heavy atom. The molecule has 2 aromatic heterocycles. The van der Waals surface area contributed by atoms with Crippen molar-refractivity contribution in [2.75, 3.05) is 27.4 Å². The molecule has 0 radical (unpaired) electrons. The van der Waals surface area contributed by atoms with Crippen molar-refractivity contribution in [1.29, 1.82) is 0 Å². The summed E-state index contributed by atoms with van der Waals surface area (Å²) < 4.78 is 16.8. The molecule has 4 amide bonds. The molecule has 63 heavy (non-hydrogen) atoms. The van der Waals surface area contributed by atoms with Crippen LogP contribution >= 0.6 is 11.6 Å². The molecule has 7 atom stereocenters. The fourth-order valence-electron chi connectivity index (χ4n) is 9.60. The minimum Gasteiger partial charge on any atom is -0.488 e. The average molecular weight is 883 g/mol. The first-order valence-electron chi connectivity index (χ1n) is 21.6. The molecule has 2 fully saturated rings. The van der Waals surface area contributed by atoms with E-state index in [1.807, 2.05) is 65.0 Å². The van der Waals surface area contributed by atoms with Crippen LogP contribution in [0.4, 0.5) is 9.59 Å². The van der Waals surface area contributed by atoms with Gasteiger partial charge in [0.2, 0.25) is 11.8 Å². The fraction of sp³-hybridized carbons (Fsp3) is 0.478. The molecule has 5 heterocycles. The number of aromatic nitrogens is 4. The summed E-state index contributed by atoms with van der Waals surface area (Å²) in [5.41, 5.74) is 5.98. The average Bonchev–Trinajstić information content (AvgIpc) is 4.07. The Kier molecular flexibility index (Phi) is 12.3. The summed E-state index contributed by atoms with van der Waals surface area (Å²) in [5, 5.41) is 16.8. The van der Waals surface area contributed by atoms with Gasteiger partial charge in [-0.1, -0.05) is 63.9 Å². The number of hydrogen-bond donors (Lipinski definition) is 5. The number of methoxy groups -OCH3 is 2. The number of hydrogen-bond acceptors (Lipinski definition) is 9. The monoisotopic (exact) mass is 882 g/mol. The maximum Gasteiger partial charge on any atom is 0.407 e. The Balaban J connectivity index is 1.07. The van der Waals surface area contributed by atoms with E-state index in [0.717, 1.165) is 56.2 Å². The summed E-state index contributed by atoms with van der Waals surface area (Å²) in [5.74, 6) is 1.17. The van der Waals surface area contributed by atoms with Gasteiger partial charge in [0.25, 0.3) is 0 Å². The molecule has 334 valence electrons. The Morgan fingerprint density at radius 2 is 1.73 bits per heavy atom. The first-order valence-corrected chi connectivity index (χ1v) is 22.0. The van der Waals surface area contributed by atoms with Crippen molar-refractivity contribution < 1.29 is 38.5 Å². The van der Waals surface area contributed by atoms with E-state index in [-0.39, 0.29) is 46.8 Å². The molecule has 17 heteroatoms. The normalized spacial score (nSPS) is 20.9. The Labute approximate surface area is 370 Å². The summed E-state index contributed by atoms with van der Waals surface area (Å²) in [6.45, 7) is 10.8. The minimum atomic E-state index is -1.23. The smallest absolute Gasteiger partial charge is 0.407 e. The van der Waals surface area contributed by atoms with Gasteiger partial charge < -0.3 is 49.7 Å². The number of aromatic amines is 2. The predicted octanol–water partition coefficient (Wildman–Crippen LogP) is 7.97. The van der Waals surface area contributed by atoms with Crippen molar-refractivity contribution in [2.45, 2.75) is 97.1 Å². The van der Waals surface area contributed by atoms with Crippen molar-refractivity contribution in [3.05, 3.63) is 64.8 Å². The molecule has 0 bridgehead atoms. The quantitative estimate of drug-likeness (QED) is 0.0818. The number of carboxylic acid groups (broad SMARTS) is 1.